The smallest absolute Gasteiger partial charge is 0.303 e. The maximum absolute atomic E-state index is 12.8. The van der Waals surface area contributed by atoms with Crippen molar-refractivity contribution in [2.75, 3.05) is 11.0 Å². The molecule has 43 heavy (non-hydrogen) atoms. The molecule has 2 heterocycles. The summed E-state index contributed by atoms with van der Waals surface area (Å²) >= 11 is 19.1. The molecule has 0 spiro atoms. The molecule has 0 aliphatic carbocycles. The number of carbonyl (C=O) groups is 6. The Balaban J connectivity index is 2.66. The summed E-state index contributed by atoms with van der Waals surface area (Å²) in [6, 6.07) is -1.62. The summed E-state index contributed by atoms with van der Waals surface area (Å²) in [7, 11) is 0. The Bertz CT molecular complexity index is 1080. The first-order valence-electron chi connectivity index (χ1n) is 12.4. The summed E-state index contributed by atoms with van der Waals surface area (Å²) in [5.41, 5.74) is 5.36. The number of carbonyl (C=O) groups excluding carboxylic acids is 6. The maximum atomic E-state index is 12.8. The van der Waals surface area contributed by atoms with Crippen LogP contribution in [0.3, 0.4) is 0 Å². The normalized spacial score (nSPS) is 32.6. The first-order valence-corrected chi connectivity index (χ1v) is 15.1. The average molecular weight is 792 g/mol. The second-order valence-corrected chi connectivity index (χ2v) is 12.5. The van der Waals surface area contributed by atoms with Crippen molar-refractivity contribution in [3.05, 3.63) is 0 Å². The van der Waals surface area contributed by atoms with E-state index >= 15 is 0 Å². The number of aliphatic hydroxyl groups is 1. The van der Waals surface area contributed by atoms with Gasteiger partial charge >= 0.3 is 23.9 Å². The van der Waals surface area contributed by atoms with Gasteiger partial charge in [0.05, 0.1) is 6.10 Å². The third-order valence-corrected chi connectivity index (χ3v) is 7.32. The van der Waals surface area contributed by atoms with Gasteiger partial charge in [-0.25, -0.2) is 0 Å². The third kappa shape index (κ3) is 10.4. The number of esters is 4. The van der Waals surface area contributed by atoms with Crippen molar-refractivity contribution >= 4 is 93.1 Å². The summed E-state index contributed by atoms with van der Waals surface area (Å²) in [5.74, 6) is -5.70. The highest BCUT2D eigenvalue weighted by atomic mass is 127. The number of aliphatic hydroxyl groups excluding tert-OH is 1. The van der Waals surface area contributed by atoms with Gasteiger partial charge in [0.2, 0.25) is 5.91 Å². The summed E-state index contributed by atoms with van der Waals surface area (Å²) in [6.45, 7) is 3.62. The molecular weight excluding hydrogens is 762 g/mol. The van der Waals surface area contributed by atoms with Crippen molar-refractivity contribution in [2.24, 2.45) is 5.73 Å². The molecule has 0 aromatic heterocycles. The lowest BCUT2D eigenvalue weighted by Gasteiger charge is -2.48. The van der Waals surface area contributed by atoms with Gasteiger partial charge in [0.1, 0.15) is 31.0 Å². The van der Waals surface area contributed by atoms with Gasteiger partial charge in [-0.2, -0.15) is 0 Å². The zero-order valence-electron chi connectivity index (χ0n) is 23.0. The summed E-state index contributed by atoms with van der Waals surface area (Å²) in [4.78, 5) is 72.6. The molecule has 4 N–H and O–H groups in total. The van der Waals surface area contributed by atoms with Gasteiger partial charge in [-0.05, 0) is 0 Å². The van der Waals surface area contributed by atoms with E-state index in [9.17, 15) is 33.9 Å². The Hall–Kier alpha value is -1.74. The highest BCUT2D eigenvalue weighted by Gasteiger charge is 2.56. The van der Waals surface area contributed by atoms with Crippen LogP contribution in [0.15, 0.2) is 0 Å². The SMILES string of the molecule is CC(=O)OC[C@H]1O[C@@H](O[C@@H]2[C@@H](OC(C)=O)[C@@H](O)[C@@H](C(N)=O)O[C@@H]2CI)[C@H](NC(=O)C(Cl)(Cl)Cl)[C@@H](OC(C)=O)[C@@H]1OC(C)=O. The highest BCUT2D eigenvalue weighted by molar-refractivity contribution is 14.1. The Morgan fingerprint density at radius 2 is 1.37 bits per heavy atom. The molecule has 2 fully saturated rings. The van der Waals surface area contributed by atoms with Gasteiger partial charge in [-0.3, -0.25) is 28.8 Å². The fourth-order valence-corrected chi connectivity index (χ4v) is 5.21. The van der Waals surface area contributed by atoms with Crippen LogP contribution < -0.4 is 11.1 Å². The van der Waals surface area contributed by atoms with E-state index in [0.717, 1.165) is 27.7 Å². The van der Waals surface area contributed by atoms with Crippen LogP contribution in [0.1, 0.15) is 27.7 Å². The molecule has 0 saturated carbocycles. The van der Waals surface area contributed by atoms with Crippen LogP contribution in [0.2, 0.25) is 0 Å². The van der Waals surface area contributed by atoms with Crippen LogP contribution in [0.25, 0.3) is 0 Å². The molecule has 0 radical (unpaired) electrons. The van der Waals surface area contributed by atoms with Crippen LogP contribution in [-0.4, -0.2) is 117 Å². The molecule has 16 nitrogen and oxygen atoms in total. The van der Waals surface area contributed by atoms with Crippen LogP contribution in [-0.2, 0) is 61.9 Å². The lowest BCUT2D eigenvalue weighted by molar-refractivity contribution is -0.319. The van der Waals surface area contributed by atoms with Crippen LogP contribution in [0.4, 0.5) is 0 Å². The quantitative estimate of drug-likeness (QED) is 0.108. The third-order valence-electron chi connectivity index (χ3n) is 5.94. The molecule has 2 rings (SSSR count). The minimum absolute atomic E-state index is 0.0783. The van der Waals surface area contributed by atoms with Gasteiger partial charge in [-0.1, -0.05) is 57.4 Å². The highest BCUT2D eigenvalue weighted by Crippen LogP contribution is 2.34. The Labute approximate surface area is 273 Å². The molecule has 2 amide bonds. The lowest BCUT2D eigenvalue weighted by Crippen LogP contribution is -2.70. The van der Waals surface area contributed by atoms with E-state index in [1.54, 1.807) is 0 Å². The van der Waals surface area contributed by atoms with Crippen molar-refractivity contribution in [3.8, 4) is 0 Å². The molecule has 0 aromatic carbocycles. The number of hydrogen-bond donors (Lipinski definition) is 3. The van der Waals surface area contributed by atoms with E-state index in [1.807, 2.05) is 22.6 Å². The van der Waals surface area contributed by atoms with E-state index < -0.39 is 107 Å². The monoisotopic (exact) mass is 790 g/mol. The second-order valence-electron chi connectivity index (χ2n) is 9.31. The molecule has 2 saturated heterocycles. The molecule has 20 heteroatoms. The number of primary amides is 1. The molecule has 2 aliphatic heterocycles. The average Bonchev–Trinajstić information content (AvgIpc) is 2.86. The lowest BCUT2D eigenvalue weighted by atomic mass is 9.93. The number of nitrogens with one attached hydrogen (secondary N) is 1. The number of alkyl halides is 4. The fraction of sp³-hybridized carbons (Fsp3) is 0.739. The summed E-state index contributed by atoms with van der Waals surface area (Å²) in [6.07, 6.45) is -13.8. The van der Waals surface area contributed by atoms with E-state index in [-0.39, 0.29) is 4.43 Å². The first-order chi connectivity index (χ1) is 19.9. The molecule has 0 unspecified atom stereocenters. The zero-order chi connectivity index (χ0) is 32.8. The van der Waals surface area contributed by atoms with E-state index in [4.69, 9.17) is 73.7 Å². The largest absolute Gasteiger partial charge is 0.463 e. The number of halogens is 4. The van der Waals surface area contributed by atoms with Crippen molar-refractivity contribution < 1.29 is 67.0 Å². The predicted molar refractivity (Wildman–Crippen MR) is 152 cm³/mol. The Morgan fingerprint density at radius 3 is 1.84 bits per heavy atom. The second kappa shape index (κ2) is 16.0. The van der Waals surface area contributed by atoms with Gasteiger partial charge in [-0.15, -0.1) is 0 Å². The minimum Gasteiger partial charge on any atom is -0.463 e. The summed E-state index contributed by atoms with van der Waals surface area (Å²) < 4.78 is 36.3. The topological polar surface area (TPSA) is 225 Å². The first kappa shape index (κ1) is 37.4. The van der Waals surface area contributed by atoms with Gasteiger partial charge in [0.15, 0.2) is 30.7 Å². The van der Waals surface area contributed by atoms with Crippen molar-refractivity contribution in [2.45, 2.75) is 92.7 Å². The molecule has 10 atom stereocenters. The van der Waals surface area contributed by atoms with Crippen molar-refractivity contribution in [1.82, 2.24) is 5.32 Å². The van der Waals surface area contributed by atoms with Gasteiger partial charge < -0.3 is 49.3 Å². The number of nitrogens with two attached hydrogens (primary N) is 1. The molecule has 244 valence electrons. The number of amides is 2. The van der Waals surface area contributed by atoms with Gasteiger partial charge in [0, 0.05) is 32.1 Å². The molecular formula is C23H30Cl3IN2O14. The standard InChI is InChI=1S/C23H30Cl3IN2O14/c1-7(30)37-6-12-16(38-8(2)31)17(39-9(3)32)13(29-22(36)23(24,25)26)21(42-12)43-15-11(5-27)41-19(20(28)35)14(34)18(15)40-10(4)33/h11-19,21,34H,5-6H2,1-4H3,(H2,28,35)(H,29,36)/t11-,12-,13-,14-,15+,16-,17-,18+,19+,21+/m1/s1. The van der Waals surface area contributed by atoms with Crippen molar-refractivity contribution in [3.63, 3.8) is 0 Å². The fourth-order valence-electron chi connectivity index (χ4n) is 4.34. The number of ether oxygens (including phenoxy) is 7. The van der Waals surface area contributed by atoms with Crippen LogP contribution in [0.5, 0.6) is 0 Å². The van der Waals surface area contributed by atoms with Crippen LogP contribution in [0, 0.1) is 0 Å². The molecule has 2 aliphatic rings. The number of hydrogen-bond acceptors (Lipinski definition) is 14. The molecule has 0 aromatic rings. The Morgan fingerprint density at radius 1 is 0.837 bits per heavy atom. The van der Waals surface area contributed by atoms with E-state index in [0.29, 0.717) is 0 Å². The minimum atomic E-state index is -2.55. The summed E-state index contributed by atoms with van der Waals surface area (Å²) in [5, 5.41) is 13.2. The molecule has 0 bridgehead atoms. The van der Waals surface area contributed by atoms with Crippen LogP contribution >= 0.6 is 57.4 Å². The maximum Gasteiger partial charge on any atom is 0.303 e. The number of rotatable bonds is 10. The van der Waals surface area contributed by atoms with Crippen molar-refractivity contribution in [1.29, 1.82) is 0 Å². The van der Waals surface area contributed by atoms with Gasteiger partial charge in [0.25, 0.3) is 9.70 Å². The predicted octanol–water partition coefficient (Wildman–Crippen LogP) is -0.642. The van der Waals surface area contributed by atoms with E-state index in [1.165, 1.54) is 0 Å². The van der Waals surface area contributed by atoms with E-state index in [2.05, 4.69) is 5.32 Å². The Kier molecular flexibility index (Phi) is 13.9. The zero-order valence-corrected chi connectivity index (χ0v) is 27.5.